The molecule has 1 heterocycles. The van der Waals surface area contributed by atoms with E-state index in [0.29, 0.717) is 0 Å². The fourth-order valence-corrected chi connectivity index (χ4v) is 2.46. The number of aryl methyl sites for hydroxylation is 3. The van der Waals surface area contributed by atoms with E-state index in [2.05, 4.69) is 28.4 Å². The maximum atomic E-state index is 6.21. The molecule has 2 aromatic rings. The van der Waals surface area contributed by atoms with Gasteiger partial charge in [0.2, 0.25) is 0 Å². The molecule has 0 amide bonds. The van der Waals surface area contributed by atoms with Crippen molar-refractivity contribution in [3.05, 3.63) is 46.8 Å². The number of nitrogens with zero attached hydrogens (tertiary/aromatic N) is 3. The predicted octanol–water partition coefficient (Wildman–Crippen LogP) is 1.35. The molecule has 4 heteroatoms. The topological polar surface area (TPSA) is 56.7 Å². The highest BCUT2D eigenvalue weighted by Gasteiger charge is 2.16. The minimum Gasteiger partial charge on any atom is -0.319 e. The van der Waals surface area contributed by atoms with Crippen molar-refractivity contribution in [1.82, 2.24) is 15.0 Å². The van der Waals surface area contributed by atoms with Gasteiger partial charge in [-0.15, -0.1) is 0 Å². The molecule has 1 aromatic carbocycles. The maximum absolute atomic E-state index is 6.21. The lowest BCUT2D eigenvalue weighted by molar-refractivity contribution is 0.637. The van der Waals surface area contributed by atoms with E-state index in [0.717, 1.165) is 11.3 Å². The molecule has 0 saturated carbocycles. The minimum absolute atomic E-state index is 0.172. The summed E-state index contributed by atoms with van der Waals surface area (Å²) in [5, 5.41) is 8.32. The molecule has 4 nitrogen and oxygen atoms in total. The lowest BCUT2D eigenvalue weighted by Crippen LogP contribution is -2.13. The van der Waals surface area contributed by atoms with Crippen LogP contribution in [0.2, 0.25) is 0 Å². The second-order valence-electron chi connectivity index (χ2n) is 4.62. The summed E-state index contributed by atoms with van der Waals surface area (Å²) in [6.45, 7) is 0. The SMILES string of the molecule is Cn1ncc(C(N)c2ccc3c(c2)CCC3)n1. The third-order valence-electron chi connectivity index (χ3n) is 3.42. The number of hydrogen-bond acceptors (Lipinski definition) is 3. The largest absolute Gasteiger partial charge is 0.319 e. The van der Waals surface area contributed by atoms with Crippen LogP contribution in [0.3, 0.4) is 0 Å². The quantitative estimate of drug-likeness (QED) is 0.844. The van der Waals surface area contributed by atoms with Gasteiger partial charge in [-0.05, 0) is 36.0 Å². The van der Waals surface area contributed by atoms with E-state index in [1.165, 1.54) is 30.4 Å². The first kappa shape index (κ1) is 10.5. The summed E-state index contributed by atoms with van der Waals surface area (Å²) in [6, 6.07) is 6.37. The Bertz CT molecular complexity index is 544. The highest BCUT2D eigenvalue weighted by Crippen LogP contribution is 2.26. The third kappa shape index (κ3) is 1.85. The van der Waals surface area contributed by atoms with Crippen molar-refractivity contribution in [2.24, 2.45) is 12.8 Å². The molecule has 2 N–H and O–H groups in total. The van der Waals surface area contributed by atoms with Crippen LogP contribution in [0.15, 0.2) is 24.4 Å². The Labute approximate surface area is 100 Å². The molecule has 1 aromatic heterocycles. The first-order valence-electron chi connectivity index (χ1n) is 5.97. The van der Waals surface area contributed by atoms with Crippen LogP contribution in [0.1, 0.15) is 34.8 Å². The predicted molar refractivity (Wildman–Crippen MR) is 65.5 cm³/mol. The van der Waals surface area contributed by atoms with Crippen LogP contribution in [-0.2, 0) is 19.9 Å². The highest BCUT2D eigenvalue weighted by molar-refractivity contribution is 5.38. The monoisotopic (exact) mass is 228 g/mol. The van der Waals surface area contributed by atoms with Gasteiger partial charge in [0.05, 0.1) is 12.2 Å². The second-order valence-corrected chi connectivity index (χ2v) is 4.62. The fraction of sp³-hybridized carbons (Fsp3) is 0.385. The van der Waals surface area contributed by atoms with Gasteiger partial charge in [-0.1, -0.05) is 18.2 Å². The molecule has 3 rings (SSSR count). The van der Waals surface area contributed by atoms with Crippen LogP contribution >= 0.6 is 0 Å². The molecule has 0 spiro atoms. The summed E-state index contributed by atoms with van der Waals surface area (Å²) in [6.07, 6.45) is 5.38. The molecular weight excluding hydrogens is 212 g/mol. The number of nitrogens with two attached hydrogens (primary N) is 1. The van der Waals surface area contributed by atoms with Crippen molar-refractivity contribution >= 4 is 0 Å². The van der Waals surface area contributed by atoms with E-state index in [1.807, 2.05) is 0 Å². The van der Waals surface area contributed by atoms with Crippen molar-refractivity contribution in [2.45, 2.75) is 25.3 Å². The van der Waals surface area contributed by atoms with E-state index in [1.54, 1.807) is 18.0 Å². The number of benzene rings is 1. The molecule has 17 heavy (non-hydrogen) atoms. The first-order chi connectivity index (χ1) is 8.24. The summed E-state index contributed by atoms with van der Waals surface area (Å²) >= 11 is 0. The summed E-state index contributed by atoms with van der Waals surface area (Å²) in [5.74, 6) is 0. The van der Waals surface area contributed by atoms with Crippen molar-refractivity contribution in [1.29, 1.82) is 0 Å². The van der Waals surface area contributed by atoms with Crippen LogP contribution in [0.4, 0.5) is 0 Å². The molecule has 1 aliphatic rings. The van der Waals surface area contributed by atoms with Gasteiger partial charge in [0.15, 0.2) is 0 Å². The van der Waals surface area contributed by atoms with E-state index in [9.17, 15) is 0 Å². The van der Waals surface area contributed by atoms with Crippen molar-refractivity contribution in [2.75, 3.05) is 0 Å². The van der Waals surface area contributed by atoms with Gasteiger partial charge in [-0.25, -0.2) is 0 Å². The second kappa shape index (κ2) is 3.96. The highest BCUT2D eigenvalue weighted by atomic mass is 15.4. The molecule has 1 atom stereocenters. The zero-order valence-corrected chi connectivity index (χ0v) is 9.93. The summed E-state index contributed by atoms with van der Waals surface area (Å²) in [7, 11) is 1.80. The van der Waals surface area contributed by atoms with Gasteiger partial charge in [0.1, 0.15) is 5.69 Å². The molecule has 0 aliphatic heterocycles. The lowest BCUT2D eigenvalue weighted by atomic mass is 10.00. The number of aromatic nitrogens is 3. The Kier molecular flexibility index (Phi) is 2.44. The molecule has 0 fully saturated rings. The fourth-order valence-electron chi connectivity index (χ4n) is 2.46. The molecule has 0 saturated heterocycles. The number of rotatable bonds is 2. The molecule has 88 valence electrons. The van der Waals surface area contributed by atoms with Gasteiger partial charge in [-0.3, -0.25) is 0 Å². The Morgan fingerprint density at radius 1 is 1.29 bits per heavy atom. The lowest BCUT2D eigenvalue weighted by Gasteiger charge is -2.10. The van der Waals surface area contributed by atoms with E-state index in [4.69, 9.17) is 5.73 Å². The van der Waals surface area contributed by atoms with Gasteiger partial charge in [-0.2, -0.15) is 15.0 Å². The summed E-state index contributed by atoms with van der Waals surface area (Å²) < 4.78 is 0. The third-order valence-corrected chi connectivity index (χ3v) is 3.42. The van der Waals surface area contributed by atoms with Crippen molar-refractivity contribution in [3.63, 3.8) is 0 Å². The molecule has 0 bridgehead atoms. The minimum atomic E-state index is -0.172. The van der Waals surface area contributed by atoms with Gasteiger partial charge in [0.25, 0.3) is 0 Å². The zero-order chi connectivity index (χ0) is 11.8. The number of fused-ring (bicyclic) bond motifs is 1. The van der Waals surface area contributed by atoms with Crippen LogP contribution in [0.25, 0.3) is 0 Å². The van der Waals surface area contributed by atoms with Crippen LogP contribution in [0.5, 0.6) is 0 Å². The van der Waals surface area contributed by atoms with Gasteiger partial charge < -0.3 is 5.73 Å². The van der Waals surface area contributed by atoms with Crippen LogP contribution in [0, 0.1) is 0 Å². The van der Waals surface area contributed by atoms with Crippen molar-refractivity contribution < 1.29 is 0 Å². The Morgan fingerprint density at radius 3 is 2.88 bits per heavy atom. The normalized spacial score (nSPS) is 15.9. The molecule has 1 aliphatic carbocycles. The van der Waals surface area contributed by atoms with Gasteiger partial charge in [0, 0.05) is 7.05 Å². The van der Waals surface area contributed by atoms with Crippen LogP contribution < -0.4 is 5.73 Å². The van der Waals surface area contributed by atoms with E-state index < -0.39 is 0 Å². The van der Waals surface area contributed by atoms with E-state index >= 15 is 0 Å². The smallest absolute Gasteiger partial charge is 0.104 e. The molecule has 0 radical (unpaired) electrons. The summed E-state index contributed by atoms with van der Waals surface area (Å²) in [5.41, 5.74) is 11.1. The standard InChI is InChI=1S/C13H16N4/c1-17-15-8-12(16-17)13(14)11-6-5-9-3-2-4-10(9)7-11/h5-8,13H,2-4,14H2,1H3. The summed E-state index contributed by atoms with van der Waals surface area (Å²) in [4.78, 5) is 1.54. The van der Waals surface area contributed by atoms with Gasteiger partial charge >= 0.3 is 0 Å². The average molecular weight is 228 g/mol. The average Bonchev–Trinajstić information content (AvgIpc) is 2.95. The maximum Gasteiger partial charge on any atom is 0.104 e. The first-order valence-corrected chi connectivity index (χ1v) is 5.97. The Hall–Kier alpha value is -1.68. The number of hydrogen-bond donors (Lipinski definition) is 1. The Morgan fingerprint density at radius 2 is 2.12 bits per heavy atom. The van der Waals surface area contributed by atoms with Crippen LogP contribution in [-0.4, -0.2) is 15.0 Å². The molecule has 1 unspecified atom stereocenters. The van der Waals surface area contributed by atoms with E-state index in [-0.39, 0.29) is 6.04 Å². The Balaban J connectivity index is 1.94. The van der Waals surface area contributed by atoms with Crippen molar-refractivity contribution in [3.8, 4) is 0 Å². The zero-order valence-electron chi connectivity index (χ0n) is 9.93. The molecular formula is C13H16N4.